The Balaban J connectivity index is 3.27. The number of halogens is 3. The summed E-state index contributed by atoms with van der Waals surface area (Å²) < 4.78 is 39.3. The Bertz CT molecular complexity index is 439. The second-order valence-electron chi connectivity index (χ2n) is 2.69. The second kappa shape index (κ2) is 4.24. The number of ether oxygens (including phenoxy) is 1. The lowest BCUT2D eigenvalue weighted by Crippen LogP contribution is -2.19. The summed E-state index contributed by atoms with van der Waals surface area (Å²) in [4.78, 5) is 3.24. The lowest BCUT2D eigenvalue weighted by atomic mass is 10.1. The first-order valence-electron chi connectivity index (χ1n) is 3.93. The van der Waals surface area contributed by atoms with Crippen molar-refractivity contribution in [3.8, 4) is 11.9 Å². The van der Waals surface area contributed by atoms with Crippen molar-refractivity contribution in [2.45, 2.75) is 13.0 Å². The molecular weight excluding hydrogens is 227 g/mol. The third-order valence-electron chi connectivity index (χ3n) is 1.67. The van der Waals surface area contributed by atoms with Gasteiger partial charge in [-0.05, 0) is 0 Å². The fourth-order valence-electron chi connectivity index (χ4n) is 1.02. The Hall–Kier alpha value is -2.01. The number of nitrogen functional groups attached to an aromatic ring is 1. The lowest BCUT2D eigenvalue weighted by molar-refractivity contribution is -0.276. The monoisotopic (exact) mass is 233 g/mol. The van der Waals surface area contributed by atoms with E-state index in [2.05, 4.69) is 9.72 Å². The van der Waals surface area contributed by atoms with Crippen molar-refractivity contribution in [1.82, 2.24) is 4.98 Å². The molecule has 1 aromatic rings. The molecule has 0 amide bonds. The number of nitrogens with zero attached hydrogens (tertiary/aromatic N) is 2. The summed E-state index contributed by atoms with van der Waals surface area (Å²) in [7, 11) is 0. The van der Waals surface area contributed by atoms with Gasteiger partial charge in [0.2, 0.25) is 5.88 Å². The van der Waals surface area contributed by atoms with Crippen molar-refractivity contribution in [3.05, 3.63) is 17.3 Å². The van der Waals surface area contributed by atoms with Crippen LogP contribution >= 0.6 is 0 Å². The van der Waals surface area contributed by atoms with Gasteiger partial charge in [-0.1, -0.05) is 0 Å². The van der Waals surface area contributed by atoms with Crippen LogP contribution < -0.4 is 10.5 Å². The van der Waals surface area contributed by atoms with Gasteiger partial charge in [-0.15, -0.1) is 13.2 Å². The molecule has 0 radical (unpaired) electrons. The van der Waals surface area contributed by atoms with Crippen molar-refractivity contribution in [2.24, 2.45) is 0 Å². The summed E-state index contributed by atoms with van der Waals surface area (Å²) >= 11 is 0. The first-order valence-corrected chi connectivity index (χ1v) is 3.93. The number of aliphatic hydroxyl groups is 1. The maximum absolute atomic E-state index is 11.9. The van der Waals surface area contributed by atoms with Crippen molar-refractivity contribution in [3.63, 3.8) is 0 Å². The SMILES string of the molecule is N#Cc1c(OC(F)(F)F)ncc(N)c1CO. The van der Waals surface area contributed by atoms with Crippen LogP contribution in [0.25, 0.3) is 0 Å². The fourth-order valence-corrected chi connectivity index (χ4v) is 1.02. The molecule has 0 atom stereocenters. The van der Waals surface area contributed by atoms with E-state index in [-0.39, 0.29) is 11.3 Å². The van der Waals surface area contributed by atoms with Crippen molar-refractivity contribution < 1.29 is 23.0 Å². The van der Waals surface area contributed by atoms with Crippen LogP contribution in [0.4, 0.5) is 18.9 Å². The minimum Gasteiger partial charge on any atom is -0.397 e. The van der Waals surface area contributed by atoms with Crippen LogP contribution in [-0.2, 0) is 6.61 Å². The zero-order chi connectivity index (χ0) is 12.3. The zero-order valence-electron chi connectivity index (χ0n) is 7.75. The molecule has 5 nitrogen and oxygen atoms in total. The van der Waals surface area contributed by atoms with Gasteiger partial charge in [0.15, 0.2) is 0 Å². The summed E-state index contributed by atoms with van der Waals surface area (Å²) in [6.07, 6.45) is -4.07. The van der Waals surface area contributed by atoms with Gasteiger partial charge in [0, 0.05) is 5.56 Å². The smallest absolute Gasteiger partial charge is 0.397 e. The summed E-state index contributed by atoms with van der Waals surface area (Å²) in [5, 5.41) is 17.5. The molecule has 0 fully saturated rings. The van der Waals surface area contributed by atoms with Gasteiger partial charge < -0.3 is 15.6 Å². The van der Waals surface area contributed by atoms with Crippen LogP contribution in [0.5, 0.6) is 5.88 Å². The predicted molar refractivity (Wildman–Crippen MR) is 46.0 cm³/mol. The molecule has 0 aliphatic heterocycles. The Morgan fingerprint density at radius 3 is 2.62 bits per heavy atom. The number of aromatic nitrogens is 1. The number of anilines is 1. The fraction of sp³-hybridized carbons (Fsp3) is 0.250. The van der Waals surface area contributed by atoms with Gasteiger partial charge >= 0.3 is 6.36 Å². The molecule has 1 aromatic heterocycles. The highest BCUT2D eigenvalue weighted by molar-refractivity contribution is 5.57. The van der Waals surface area contributed by atoms with Crippen LogP contribution in [0.15, 0.2) is 6.20 Å². The summed E-state index contributed by atoms with van der Waals surface area (Å²) in [5.74, 6) is -0.923. The number of alkyl halides is 3. The topological polar surface area (TPSA) is 92.2 Å². The molecular formula is C8H6F3N3O2. The Morgan fingerprint density at radius 1 is 1.56 bits per heavy atom. The highest BCUT2D eigenvalue weighted by Gasteiger charge is 2.33. The first-order chi connectivity index (χ1) is 7.39. The first kappa shape index (κ1) is 12.1. The van der Waals surface area contributed by atoms with E-state index in [0.29, 0.717) is 0 Å². The maximum atomic E-state index is 11.9. The maximum Gasteiger partial charge on any atom is 0.574 e. The van der Waals surface area contributed by atoms with E-state index in [0.717, 1.165) is 6.20 Å². The Kier molecular flexibility index (Phi) is 3.20. The average Bonchev–Trinajstić information content (AvgIpc) is 2.18. The molecule has 1 heterocycles. The van der Waals surface area contributed by atoms with Crippen molar-refractivity contribution in [1.29, 1.82) is 5.26 Å². The third kappa shape index (κ3) is 2.52. The van der Waals surface area contributed by atoms with E-state index < -0.39 is 24.4 Å². The molecule has 16 heavy (non-hydrogen) atoms. The molecule has 3 N–H and O–H groups in total. The third-order valence-corrected chi connectivity index (χ3v) is 1.67. The van der Waals surface area contributed by atoms with Crippen molar-refractivity contribution in [2.75, 3.05) is 5.73 Å². The van der Waals surface area contributed by atoms with Gasteiger partial charge in [-0.3, -0.25) is 0 Å². The molecule has 0 aromatic carbocycles. The van der Waals surface area contributed by atoms with Gasteiger partial charge in [0.25, 0.3) is 0 Å². The van der Waals surface area contributed by atoms with Gasteiger partial charge in [-0.2, -0.15) is 5.26 Å². The number of pyridine rings is 1. The summed E-state index contributed by atoms with van der Waals surface area (Å²) in [6, 6.07) is 1.45. The quantitative estimate of drug-likeness (QED) is 0.792. The van der Waals surface area contributed by atoms with E-state index in [4.69, 9.17) is 16.1 Å². The molecule has 0 unspecified atom stereocenters. The highest BCUT2D eigenvalue weighted by Crippen LogP contribution is 2.28. The van der Waals surface area contributed by atoms with Crippen LogP contribution in [0.3, 0.4) is 0 Å². The minimum atomic E-state index is -4.96. The van der Waals surface area contributed by atoms with Crippen LogP contribution in [0.2, 0.25) is 0 Å². The van der Waals surface area contributed by atoms with Crippen LogP contribution in [0, 0.1) is 11.3 Å². The molecule has 0 spiro atoms. The molecule has 1 rings (SSSR count). The number of nitrogens with two attached hydrogens (primary N) is 1. The Labute approximate surface area is 87.9 Å². The van der Waals surface area contributed by atoms with E-state index in [1.165, 1.54) is 6.07 Å². The van der Waals surface area contributed by atoms with Gasteiger partial charge in [0.1, 0.15) is 11.6 Å². The standard InChI is InChI=1S/C8H6F3N3O2/c9-8(10,11)16-7-4(1-12)5(3-15)6(13)2-14-7/h2,15H,3,13H2. The molecule has 0 aliphatic carbocycles. The highest BCUT2D eigenvalue weighted by atomic mass is 19.4. The number of nitriles is 1. The van der Waals surface area contributed by atoms with E-state index in [1.54, 1.807) is 0 Å². The van der Waals surface area contributed by atoms with E-state index in [9.17, 15) is 13.2 Å². The van der Waals surface area contributed by atoms with Gasteiger partial charge in [0.05, 0.1) is 18.5 Å². The lowest BCUT2D eigenvalue weighted by Gasteiger charge is -2.11. The van der Waals surface area contributed by atoms with Crippen LogP contribution in [0.1, 0.15) is 11.1 Å². The number of rotatable bonds is 2. The van der Waals surface area contributed by atoms with Crippen molar-refractivity contribution >= 4 is 5.69 Å². The number of hydrogen-bond acceptors (Lipinski definition) is 5. The molecule has 0 aliphatic rings. The molecule has 0 saturated heterocycles. The summed E-state index contributed by atoms with van der Waals surface area (Å²) in [5.41, 5.74) is 4.58. The molecule has 0 saturated carbocycles. The summed E-state index contributed by atoms with van der Waals surface area (Å²) in [6.45, 7) is -0.675. The largest absolute Gasteiger partial charge is 0.574 e. The van der Waals surface area contributed by atoms with E-state index in [1.807, 2.05) is 0 Å². The minimum absolute atomic E-state index is 0.0754. The Morgan fingerprint density at radius 2 is 2.19 bits per heavy atom. The number of aliphatic hydroxyl groups excluding tert-OH is 1. The molecule has 8 heteroatoms. The zero-order valence-corrected chi connectivity index (χ0v) is 7.75. The molecule has 86 valence electrons. The normalized spacial score (nSPS) is 10.9. The number of hydrogen-bond donors (Lipinski definition) is 2. The van der Waals surface area contributed by atoms with Crippen LogP contribution in [-0.4, -0.2) is 16.5 Å². The average molecular weight is 233 g/mol. The van der Waals surface area contributed by atoms with E-state index >= 15 is 0 Å². The van der Waals surface area contributed by atoms with Gasteiger partial charge in [-0.25, -0.2) is 4.98 Å². The molecule has 0 bridgehead atoms. The predicted octanol–water partition coefficient (Wildman–Crippen LogP) is 0.926. The second-order valence-corrected chi connectivity index (χ2v) is 2.69.